The first kappa shape index (κ1) is 13.3. The third kappa shape index (κ3) is 2.82. The van der Waals surface area contributed by atoms with E-state index in [1.807, 2.05) is 0 Å². The Morgan fingerprint density at radius 3 is 2.50 bits per heavy atom. The van der Waals surface area contributed by atoms with Gasteiger partial charge < -0.3 is 14.4 Å². The van der Waals surface area contributed by atoms with Crippen molar-refractivity contribution < 1.29 is 14.3 Å². The molecule has 1 heterocycles. The van der Waals surface area contributed by atoms with E-state index in [0.717, 1.165) is 0 Å². The lowest BCUT2D eigenvalue weighted by Crippen LogP contribution is -2.34. The van der Waals surface area contributed by atoms with E-state index in [9.17, 15) is 4.79 Å². The van der Waals surface area contributed by atoms with Crippen molar-refractivity contribution in [2.24, 2.45) is 0 Å². The Morgan fingerprint density at radius 2 is 1.83 bits per heavy atom. The van der Waals surface area contributed by atoms with Gasteiger partial charge in [0.2, 0.25) is 6.79 Å². The average Bonchev–Trinajstić information content (AvgIpc) is 2.84. The topological polar surface area (TPSA) is 38.8 Å². The number of halogens is 2. The summed E-state index contributed by atoms with van der Waals surface area (Å²) in [6.45, 7) is 1.14. The predicted molar refractivity (Wildman–Crippen MR) is 69.9 cm³/mol. The van der Waals surface area contributed by atoms with Crippen molar-refractivity contribution in [3.05, 3.63) is 23.8 Å². The first-order valence-corrected chi connectivity index (χ1v) is 6.64. The number of nitrogens with zero attached hydrogens (tertiary/aromatic N) is 1. The molecule has 0 aromatic heterocycles. The number of carbonyl (C=O) groups excluding carboxylic acids is 1. The largest absolute Gasteiger partial charge is 0.454 e. The molecule has 1 aromatic rings. The van der Waals surface area contributed by atoms with Crippen LogP contribution in [0.15, 0.2) is 18.2 Å². The van der Waals surface area contributed by atoms with Gasteiger partial charge in [0, 0.05) is 30.4 Å². The van der Waals surface area contributed by atoms with Gasteiger partial charge in [0.05, 0.1) is 0 Å². The summed E-state index contributed by atoms with van der Waals surface area (Å²) < 4.78 is 10.4. The highest BCUT2D eigenvalue weighted by atomic mass is 35.5. The van der Waals surface area contributed by atoms with Gasteiger partial charge in [-0.15, -0.1) is 23.2 Å². The SMILES string of the molecule is O=C(c1ccc2c(c1)OCO2)N(CCCl)CCCl. The molecule has 1 aliphatic heterocycles. The molecule has 0 saturated heterocycles. The van der Waals surface area contributed by atoms with Gasteiger partial charge in [-0.3, -0.25) is 4.79 Å². The molecular weight excluding hydrogens is 277 g/mol. The van der Waals surface area contributed by atoms with E-state index >= 15 is 0 Å². The van der Waals surface area contributed by atoms with E-state index < -0.39 is 0 Å². The van der Waals surface area contributed by atoms with Crippen LogP contribution in [-0.2, 0) is 0 Å². The Bertz CT molecular complexity index is 433. The van der Waals surface area contributed by atoms with Gasteiger partial charge in [0.15, 0.2) is 11.5 Å². The van der Waals surface area contributed by atoms with Crippen molar-refractivity contribution in [1.29, 1.82) is 0 Å². The number of fused-ring (bicyclic) bond motifs is 1. The fourth-order valence-corrected chi connectivity index (χ4v) is 2.14. The molecule has 0 fully saturated rings. The Morgan fingerprint density at radius 1 is 1.17 bits per heavy atom. The zero-order chi connectivity index (χ0) is 13.0. The smallest absolute Gasteiger partial charge is 0.254 e. The highest BCUT2D eigenvalue weighted by molar-refractivity contribution is 6.18. The molecule has 0 aliphatic carbocycles. The molecule has 0 N–H and O–H groups in total. The lowest BCUT2D eigenvalue weighted by molar-refractivity contribution is 0.0774. The molecule has 0 radical (unpaired) electrons. The highest BCUT2D eigenvalue weighted by Crippen LogP contribution is 2.32. The van der Waals surface area contributed by atoms with Crippen molar-refractivity contribution in [2.75, 3.05) is 31.6 Å². The second-order valence-electron chi connectivity index (χ2n) is 3.74. The van der Waals surface area contributed by atoms with E-state index in [1.165, 1.54) is 0 Å². The van der Waals surface area contributed by atoms with Crippen molar-refractivity contribution >= 4 is 29.1 Å². The number of hydrogen-bond acceptors (Lipinski definition) is 3. The van der Waals surface area contributed by atoms with Crippen LogP contribution in [0.4, 0.5) is 0 Å². The number of benzene rings is 1. The summed E-state index contributed by atoms with van der Waals surface area (Å²) in [5.41, 5.74) is 0.550. The minimum absolute atomic E-state index is 0.102. The average molecular weight is 290 g/mol. The number of alkyl halides is 2. The van der Waals surface area contributed by atoms with Crippen LogP contribution in [0.25, 0.3) is 0 Å². The van der Waals surface area contributed by atoms with E-state index in [4.69, 9.17) is 32.7 Å². The third-order valence-corrected chi connectivity index (χ3v) is 2.95. The fraction of sp³-hybridized carbons (Fsp3) is 0.417. The molecular formula is C12H13Cl2NO3. The van der Waals surface area contributed by atoms with Crippen molar-refractivity contribution in [2.45, 2.75) is 0 Å². The van der Waals surface area contributed by atoms with Gasteiger partial charge in [-0.25, -0.2) is 0 Å². The molecule has 0 spiro atoms. The Hall–Kier alpha value is -1.13. The van der Waals surface area contributed by atoms with Crippen LogP contribution in [0.3, 0.4) is 0 Å². The van der Waals surface area contributed by atoms with Crippen LogP contribution in [0.1, 0.15) is 10.4 Å². The van der Waals surface area contributed by atoms with Gasteiger partial charge in [-0.2, -0.15) is 0 Å². The number of hydrogen-bond donors (Lipinski definition) is 0. The predicted octanol–water partition coefficient (Wildman–Crippen LogP) is 2.34. The summed E-state index contributed by atoms with van der Waals surface area (Å²) >= 11 is 11.4. The minimum atomic E-state index is -0.102. The second-order valence-corrected chi connectivity index (χ2v) is 4.49. The summed E-state index contributed by atoms with van der Waals surface area (Å²) in [6, 6.07) is 5.13. The van der Waals surface area contributed by atoms with Crippen LogP contribution >= 0.6 is 23.2 Å². The fourth-order valence-electron chi connectivity index (χ4n) is 1.73. The minimum Gasteiger partial charge on any atom is -0.454 e. The lowest BCUT2D eigenvalue weighted by Gasteiger charge is -2.20. The normalized spacial score (nSPS) is 12.6. The van der Waals surface area contributed by atoms with Crippen molar-refractivity contribution in [3.8, 4) is 11.5 Å². The van der Waals surface area contributed by atoms with Gasteiger partial charge in [0.1, 0.15) is 0 Å². The maximum atomic E-state index is 12.2. The standard InChI is InChI=1S/C12H13Cl2NO3/c13-3-5-15(6-4-14)12(16)9-1-2-10-11(7-9)18-8-17-10/h1-2,7H,3-6,8H2. The molecule has 1 aliphatic rings. The van der Waals surface area contributed by atoms with Crippen molar-refractivity contribution in [3.63, 3.8) is 0 Å². The quantitative estimate of drug-likeness (QED) is 0.781. The zero-order valence-corrected chi connectivity index (χ0v) is 11.2. The van der Waals surface area contributed by atoms with Crippen LogP contribution in [0.2, 0.25) is 0 Å². The Balaban J connectivity index is 2.16. The van der Waals surface area contributed by atoms with E-state index in [1.54, 1.807) is 23.1 Å². The maximum Gasteiger partial charge on any atom is 0.254 e. The summed E-state index contributed by atoms with van der Waals surface area (Å²) in [5, 5.41) is 0. The van der Waals surface area contributed by atoms with Crippen LogP contribution in [-0.4, -0.2) is 42.4 Å². The van der Waals surface area contributed by atoms with E-state index in [0.29, 0.717) is 41.9 Å². The first-order chi connectivity index (χ1) is 8.76. The molecule has 1 amide bonds. The van der Waals surface area contributed by atoms with E-state index in [2.05, 4.69) is 0 Å². The monoisotopic (exact) mass is 289 g/mol. The first-order valence-electron chi connectivity index (χ1n) is 5.57. The number of carbonyl (C=O) groups is 1. The lowest BCUT2D eigenvalue weighted by atomic mass is 10.1. The van der Waals surface area contributed by atoms with Crippen LogP contribution < -0.4 is 9.47 Å². The number of rotatable bonds is 5. The molecule has 0 unspecified atom stereocenters. The van der Waals surface area contributed by atoms with Crippen LogP contribution in [0.5, 0.6) is 11.5 Å². The molecule has 1 aromatic carbocycles. The third-order valence-electron chi connectivity index (χ3n) is 2.62. The van der Waals surface area contributed by atoms with E-state index in [-0.39, 0.29) is 12.7 Å². The molecule has 4 nitrogen and oxygen atoms in total. The summed E-state index contributed by atoms with van der Waals surface area (Å²) in [6.07, 6.45) is 0. The highest BCUT2D eigenvalue weighted by Gasteiger charge is 2.19. The zero-order valence-electron chi connectivity index (χ0n) is 9.70. The van der Waals surface area contributed by atoms with Gasteiger partial charge in [-0.05, 0) is 18.2 Å². The maximum absolute atomic E-state index is 12.2. The van der Waals surface area contributed by atoms with Crippen LogP contribution in [0, 0.1) is 0 Å². The summed E-state index contributed by atoms with van der Waals surface area (Å²) in [7, 11) is 0. The van der Waals surface area contributed by atoms with Gasteiger partial charge in [0.25, 0.3) is 5.91 Å². The molecule has 0 bridgehead atoms. The Labute approximate surface area is 115 Å². The molecule has 0 atom stereocenters. The molecule has 2 rings (SSSR count). The molecule has 0 saturated carbocycles. The summed E-state index contributed by atoms with van der Waals surface area (Å²) in [5.74, 6) is 1.92. The molecule has 98 valence electrons. The second kappa shape index (κ2) is 6.16. The Kier molecular flexibility index (Phi) is 4.55. The van der Waals surface area contributed by atoms with Gasteiger partial charge >= 0.3 is 0 Å². The van der Waals surface area contributed by atoms with Crippen molar-refractivity contribution in [1.82, 2.24) is 4.90 Å². The molecule has 18 heavy (non-hydrogen) atoms. The summed E-state index contributed by atoms with van der Waals surface area (Å²) in [4.78, 5) is 13.9. The van der Waals surface area contributed by atoms with Gasteiger partial charge in [-0.1, -0.05) is 0 Å². The number of amides is 1. The number of ether oxygens (including phenoxy) is 2. The molecule has 6 heteroatoms.